The Morgan fingerprint density at radius 3 is 2.90 bits per heavy atom. The van der Waals surface area contributed by atoms with Crippen LogP contribution in [0.5, 0.6) is 0 Å². The Kier molecular flexibility index (Phi) is 3.80. The fourth-order valence-electron chi connectivity index (χ4n) is 3.23. The molecular formula is C16H20BrN3. The highest BCUT2D eigenvalue weighted by molar-refractivity contribution is 9.10. The van der Waals surface area contributed by atoms with Gasteiger partial charge in [-0.3, -0.25) is 9.88 Å². The number of aromatic nitrogens is 1. The molecule has 106 valence electrons. The molecular weight excluding hydrogens is 314 g/mol. The molecule has 1 aliphatic heterocycles. The molecule has 0 saturated carbocycles. The van der Waals surface area contributed by atoms with Gasteiger partial charge in [-0.2, -0.15) is 0 Å². The second-order valence-electron chi connectivity index (χ2n) is 5.77. The molecule has 0 spiro atoms. The van der Waals surface area contributed by atoms with E-state index in [0.29, 0.717) is 6.04 Å². The molecule has 0 radical (unpaired) electrons. The Balaban J connectivity index is 2.16. The van der Waals surface area contributed by atoms with Crippen LogP contribution in [-0.4, -0.2) is 28.5 Å². The zero-order valence-electron chi connectivity index (χ0n) is 11.9. The topological polar surface area (TPSA) is 42.1 Å². The number of nitrogens with zero attached hydrogens (tertiary/aromatic N) is 2. The quantitative estimate of drug-likeness (QED) is 0.914. The van der Waals surface area contributed by atoms with Crippen LogP contribution in [0.4, 0.5) is 0 Å². The molecule has 2 unspecified atom stereocenters. The van der Waals surface area contributed by atoms with Gasteiger partial charge in [-0.1, -0.05) is 28.1 Å². The van der Waals surface area contributed by atoms with Crippen LogP contribution in [0.15, 0.2) is 34.9 Å². The van der Waals surface area contributed by atoms with Crippen LogP contribution >= 0.6 is 15.9 Å². The zero-order chi connectivity index (χ0) is 14.3. The summed E-state index contributed by atoms with van der Waals surface area (Å²) in [4.78, 5) is 7.09. The van der Waals surface area contributed by atoms with E-state index in [0.717, 1.165) is 28.3 Å². The number of benzene rings is 1. The molecule has 2 heterocycles. The molecule has 2 aromatic rings. The van der Waals surface area contributed by atoms with Crippen molar-refractivity contribution in [2.45, 2.75) is 38.4 Å². The fraction of sp³-hybridized carbons (Fsp3) is 0.438. The van der Waals surface area contributed by atoms with E-state index >= 15 is 0 Å². The number of hydrogen-bond acceptors (Lipinski definition) is 3. The second kappa shape index (κ2) is 5.43. The summed E-state index contributed by atoms with van der Waals surface area (Å²) in [6.07, 6.45) is 2.91. The van der Waals surface area contributed by atoms with Crippen LogP contribution < -0.4 is 5.73 Å². The van der Waals surface area contributed by atoms with Crippen LogP contribution in [-0.2, 0) is 0 Å². The third-order valence-corrected chi connectivity index (χ3v) is 4.90. The summed E-state index contributed by atoms with van der Waals surface area (Å²) in [5, 5.41) is 1.16. The minimum atomic E-state index is 0.184. The number of hydrogen-bond donors (Lipinski definition) is 1. The zero-order valence-corrected chi connectivity index (χ0v) is 13.5. The molecule has 3 nitrogen and oxygen atoms in total. The highest BCUT2D eigenvalue weighted by Gasteiger charge is 2.35. The Labute approximate surface area is 128 Å². The SMILES string of the molecule is CC(C)N1CCC(N)C1c1ccc(Br)c2cccnc12. The van der Waals surface area contributed by atoms with E-state index in [1.165, 1.54) is 5.56 Å². The predicted molar refractivity (Wildman–Crippen MR) is 86.6 cm³/mol. The van der Waals surface area contributed by atoms with Crippen molar-refractivity contribution < 1.29 is 0 Å². The van der Waals surface area contributed by atoms with Crippen molar-refractivity contribution in [1.29, 1.82) is 0 Å². The number of nitrogens with two attached hydrogens (primary N) is 1. The first kappa shape index (κ1) is 14.0. The van der Waals surface area contributed by atoms with Crippen LogP contribution in [0.3, 0.4) is 0 Å². The number of likely N-dealkylation sites (tertiary alicyclic amines) is 1. The van der Waals surface area contributed by atoms with Crippen LogP contribution in [0.1, 0.15) is 31.9 Å². The minimum absolute atomic E-state index is 0.184. The summed E-state index contributed by atoms with van der Waals surface area (Å²) in [5.74, 6) is 0. The van der Waals surface area contributed by atoms with Gasteiger partial charge in [0.2, 0.25) is 0 Å². The van der Waals surface area contributed by atoms with Gasteiger partial charge in [0.1, 0.15) is 0 Å². The van der Waals surface area contributed by atoms with Crippen molar-refractivity contribution in [3.05, 3.63) is 40.5 Å². The Hall–Kier alpha value is -0.970. The summed E-state index contributed by atoms with van der Waals surface area (Å²) in [5.41, 5.74) is 8.70. The molecule has 1 fully saturated rings. The van der Waals surface area contributed by atoms with Crippen molar-refractivity contribution in [2.75, 3.05) is 6.54 Å². The van der Waals surface area contributed by atoms with E-state index in [2.05, 4.69) is 57.9 Å². The molecule has 1 aromatic carbocycles. The van der Waals surface area contributed by atoms with Gasteiger partial charge in [0.15, 0.2) is 0 Å². The molecule has 0 amide bonds. The monoisotopic (exact) mass is 333 g/mol. The van der Waals surface area contributed by atoms with E-state index in [9.17, 15) is 0 Å². The largest absolute Gasteiger partial charge is 0.326 e. The molecule has 0 aliphatic carbocycles. The van der Waals surface area contributed by atoms with Gasteiger partial charge >= 0.3 is 0 Å². The van der Waals surface area contributed by atoms with Gasteiger partial charge in [0, 0.05) is 34.7 Å². The molecule has 2 atom stereocenters. The molecule has 1 aliphatic rings. The lowest BCUT2D eigenvalue weighted by Crippen LogP contribution is -2.36. The standard InChI is InChI=1S/C16H20BrN3/c1-10(2)20-9-7-14(18)16(20)12-5-6-13(17)11-4-3-8-19-15(11)12/h3-6,8,10,14,16H,7,9,18H2,1-2H3. The normalized spacial score (nSPS) is 23.9. The second-order valence-corrected chi connectivity index (χ2v) is 6.62. The van der Waals surface area contributed by atoms with Crippen molar-refractivity contribution in [1.82, 2.24) is 9.88 Å². The van der Waals surface area contributed by atoms with Crippen molar-refractivity contribution in [3.8, 4) is 0 Å². The van der Waals surface area contributed by atoms with E-state index < -0.39 is 0 Å². The predicted octanol–water partition coefficient (Wildman–Crippen LogP) is 3.48. The lowest BCUT2D eigenvalue weighted by molar-refractivity contribution is 0.199. The molecule has 2 N–H and O–H groups in total. The highest BCUT2D eigenvalue weighted by atomic mass is 79.9. The minimum Gasteiger partial charge on any atom is -0.326 e. The Bertz CT molecular complexity index is 626. The Morgan fingerprint density at radius 1 is 1.35 bits per heavy atom. The number of rotatable bonds is 2. The molecule has 20 heavy (non-hydrogen) atoms. The average molecular weight is 334 g/mol. The lowest BCUT2D eigenvalue weighted by Gasteiger charge is -2.31. The van der Waals surface area contributed by atoms with E-state index in [1.54, 1.807) is 0 Å². The van der Waals surface area contributed by atoms with Gasteiger partial charge in [-0.25, -0.2) is 0 Å². The maximum absolute atomic E-state index is 6.39. The number of halogens is 1. The Morgan fingerprint density at radius 2 is 2.15 bits per heavy atom. The van der Waals surface area contributed by atoms with Crippen LogP contribution in [0, 0.1) is 0 Å². The third kappa shape index (κ3) is 2.26. The van der Waals surface area contributed by atoms with Crippen LogP contribution in [0.2, 0.25) is 0 Å². The molecule has 0 bridgehead atoms. The first-order chi connectivity index (χ1) is 9.59. The molecule has 4 heteroatoms. The van der Waals surface area contributed by atoms with Crippen molar-refractivity contribution >= 4 is 26.8 Å². The van der Waals surface area contributed by atoms with E-state index in [-0.39, 0.29) is 12.1 Å². The number of fused-ring (bicyclic) bond motifs is 1. The molecule has 1 saturated heterocycles. The maximum Gasteiger partial charge on any atom is 0.0761 e. The summed E-state index contributed by atoms with van der Waals surface area (Å²) in [7, 11) is 0. The van der Waals surface area contributed by atoms with Gasteiger partial charge in [-0.05, 0) is 38.0 Å². The lowest BCUT2D eigenvalue weighted by atomic mass is 9.97. The van der Waals surface area contributed by atoms with Crippen LogP contribution in [0.25, 0.3) is 10.9 Å². The van der Waals surface area contributed by atoms with Crippen molar-refractivity contribution in [2.24, 2.45) is 5.73 Å². The number of pyridine rings is 1. The van der Waals surface area contributed by atoms with Gasteiger partial charge in [0.25, 0.3) is 0 Å². The smallest absolute Gasteiger partial charge is 0.0761 e. The van der Waals surface area contributed by atoms with Crippen molar-refractivity contribution in [3.63, 3.8) is 0 Å². The summed E-state index contributed by atoms with van der Waals surface area (Å²) in [6, 6.07) is 9.32. The molecule has 3 rings (SSSR count). The summed E-state index contributed by atoms with van der Waals surface area (Å²) >= 11 is 3.61. The van der Waals surface area contributed by atoms with Gasteiger partial charge < -0.3 is 5.73 Å². The van der Waals surface area contributed by atoms with E-state index in [1.807, 2.05) is 12.3 Å². The fourth-order valence-corrected chi connectivity index (χ4v) is 3.68. The first-order valence-electron chi connectivity index (χ1n) is 7.14. The summed E-state index contributed by atoms with van der Waals surface area (Å²) in [6.45, 7) is 5.53. The van der Waals surface area contributed by atoms with E-state index in [4.69, 9.17) is 5.73 Å². The first-order valence-corrected chi connectivity index (χ1v) is 7.93. The average Bonchev–Trinajstić information content (AvgIpc) is 2.82. The van der Waals surface area contributed by atoms with Gasteiger partial charge in [0.05, 0.1) is 11.6 Å². The highest BCUT2D eigenvalue weighted by Crippen LogP contribution is 2.37. The van der Waals surface area contributed by atoms with Gasteiger partial charge in [-0.15, -0.1) is 0 Å². The summed E-state index contributed by atoms with van der Waals surface area (Å²) < 4.78 is 1.09. The third-order valence-electron chi connectivity index (χ3n) is 4.21. The molecule has 1 aromatic heterocycles. The maximum atomic E-state index is 6.39.